The molecule has 2 aromatic heterocycles. The highest BCUT2D eigenvalue weighted by Gasteiger charge is 2.32. The second-order valence-electron chi connectivity index (χ2n) is 6.08. The lowest BCUT2D eigenvalue weighted by atomic mass is 10.1. The fourth-order valence-corrected chi connectivity index (χ4v) is 3.28. The van der Waals surface area contributed by atoms with Crippen molar-refractivity contribution in [1.29, 1.82) is 0 Å². The van der Waals surface area contributed by atoms with Crippen LogP contribution in [0.15, 0.2) is 28.3 Å². The monoisotopic (exact) mass is 388 g/mol. The fraction of sp³-hybridized carbons (Fsp3) is 0.400. The number of aromatic amines is 1. The molecule has 3 heterocycles. The minimum atomic E-state index is -4.49. The molecule has 0 saturated heterocycles. The van der Waals surface area contributed by atoms with Gasteiger partial charge in [-0.3, -0.25) is 19.7 Å². The molecule has 1 aliphatic rings. The van der Waals surface area contributed by atoms with Crippen LogP contribution >= 0.6 is 0 Å². The van der Waals surface area contributed by atoms with Crippen LogP contribution in [0.5, 0.6) is 0 Å². The molecule has 0 unspecified atom stereocenters. The van der Waals surface area contributed by atoms with Gasteiger partial charge in [0.1, 0.15) is 5.69 Å². The third-order valence-corrected chi connectivity index (χ3v) is 4.90. The molecule has 0 saturated carbocycles. The predicted octanol–water partition coefficient (Wildman–Crippen LogP) is 1.15. The summed E-state index contributed by atoms with van der Waals surface area (Å²) in [5.74, 6) is 0. The summed E-state index contributed by atoms with van der Waals surface area (Å²) in [7, 11) is -3.66. The molecule has 3 rings (SSSR count). The zero-order chi connectivity index (χ0) is 19.1. The minimum Gasteiger partial charge on any atom is -0.297 e. The number of hydrogen-bond acceptors (Lipinski definition) is 6. The Bertz CT molecular complexity index is 985. The van der Waals surface area contributed by atoms with Gasteiger partial charge in [-0.05, 0) is 18.1 Å². The number of halogens is 3. The summed E-state index contributed by atoms with van der Waals surface area (Å²) in [6.07, 6.45) is -2.01. The Morgan fingerprint density at radius 2 is 2.04 bits per heavy atom. The van der Waals surface area contributed by atoms with Crippen molar-refractivity contribution in [2.75, 3.05) is 12.8 Å². The van der Waals surface area contributed by atoms with Gasteiger partial charge in [0.15, 0.2) is 0 Å². The molecule has 26 heavy (non-hydrogen) atoms. The number of H-pyrrole nitrogens is 1. The van der Waals surface area contributed by atoms with E-state index in [1.165, 1.54) is 6.07 Å². The molecule has 1 aliphatic heterocycles. The van der Waals surface area contributed by atoms with Gasteiger partial charge in [-0.15, -0.1) is 0 Å². The molecule has 0 amide bonds. The van der Waals surface area contributed by atoms with E-state index in [4.69, 9.17) is 0 Å². The Hall–Kier alpha value is -2.27. The Labute approximate surface area is 146 Å². The molecule has 1 N–H and O–H groups in total. The van der Waals surface area contributed by atoms with Gasteiger partial charge >= 0.3 is 6.18 Å². The number of nitrogens with one attached hydrogen (secondary N) is 1. The average molecular weight is 388 g/mol. The van der Waals surface area contributed by atoms with Crippen molar-refractivity contribution >= 4 is 9.84 Å². The number of aromatic nitrogens is 3. The summed E-state index contributed by atoms with van der Waals surface area (Å²) in [4.78, 5) is 23.6. The van der Waals surface area contributed by atoms with Crippen molar-refractivity contribution in [3.63, 3.8) is 0 Å². The number of fused-ring (bicyclic) bond motifs is 1. The highest BCUT2D eigenvalue weighted by molar-refractivity contribution is 7.90. The van der Waals surface area contributed by atoms with E-state index in [1.807, 2.05) is 4.90 Å². The van der Waals surface area contributed by atoms with Gasteiger partial charge in [-0.2, -0.15) is 13.2 Å². The summed E-state index contributed by atoms with van der Waals surface area (Å²) < 4.78 is 60.9. The SMILES string of the molecule is CS(=O)(=O)c1nc2c(c(=O)[nH]1)CCN(Cc1ccc(C(F)(F)F)nc1)C2. The maximum atomic E-state index is 12.6. The summed E-state index contributed by atoms with van der Waals surface area (Å²) in [6.45, 7) is 1.03. The molecule has 0 bridgehead atoms. The molecule has 0 spiro atoms. The van der Waals surface area contributed by atoms with Crippen molar-refractivity contribution in [2.24, 2.45) is 0 Å². The van der Waals surface area contributed by atoms with E-state index in [1.54, 1.807) is 0 Å². The Balaban J connectivity index is 1.80. The van der Waals surface area contributed by atoms with Crippen molar-refractivity contribution < 1.29 is 21.6 Å². The third-order valence-electron chi connectivity index (χ3n) is 4.00. The van der Waals surface area contributed by atoms with Crippen LogP contribution in [0, 0.1) is 0 Å². The molecule has 11 heteroatoms. The summed E-state index contributed by atoms with van der Waals surface area (Å²) in [5, 5.41) is -0.390. The van der Waals surface area contributed by atoms with E-state index >= 15 is 0 Å². The number of alkyl halides is 3. The van der Waals surface area contributed by atoms with Crippen LogP contribution in [0.25, 0.3) is 0 Å². The van der Waals surface area contributed by atoms with E-state index in [0.717, 1.165) is 18.5 Å². The van der Waals surface area contributed by atoms with Gasteiger partial charge < -0.3 is 0 Å². The smallest absolute Gasteiger partial charge is 0.297 e. The quantitative estimate of drug-likeness (QED) is 0.793. The topological polar surface area (TPSA) is 96.0 Å². The van der Waals surface area contributed by atoms with Crippen molar-refractivity contribution in [3.05, 3.63) is 51.2 Å². The molecule has 0 aromatic carbocycles. The van der Waals surface area contributed by atoms with Gasteiger partial charge in [0, 0.05) is 37.7 Å². The zero-order valence-corrected chi connectivity index (χ0v) is 14.5. The number of sulfone groups is 1. The normalized spacial score (nSPS) is 15.7. The van der Waals surface area contributed by atoms with Crippen LogP contribution in [0.2, 0.25) is 0 Å². The van der Waals surface area contributed by atoms with Crippen LogP contribution in [-0.2, 0) is 35.5 Å². The summed E-state index contributed by atoms with van der Waals surface area (Å²) in [6, 6.07) is 2.26. The molecular formula is C15H15F3N4O3S. The maximum Gasteiger partial charge on any atom is 0.433 e. The Morgan fingerprint density at radius 1 is 1.31 bits per heavy atom. The lowest BCUT2D eigenvalue weighted by molar-refractivity contribution is -0.141. The van der Waals surface area contributed by atoms with Crippen LogP contribution in [0.1, 0.15) is 22.5 Å². The standard InChI is InChI=1S/C15H15F3N4O3S/c1-26(24,25)14-20-11-8-22(5-4-10(11)13(23)21-14)7-9-2-3-12(19-6-9)15(16,17)18/h2-3,6H,4-5,7-8H2,1H3,(H,20,21,23). The zero-order valence-electron chi connectivity index (χ0n) is 13.7. The Kier molecular flexibility index (Phi) is 4.61. The Morgan fingerprint density at radius 3 is 2.62 bits per heavy atom. The van der Waals surface area contributed by atoms with Gasteiger partial charge in [-0.1, -0.05) is 6.07 Å². The maximum absolute atomic E-state index is 12.6. The molecular weight excluding hydrogens is 373 g/mol. The number of rotatable bonds is 3. The summed E-state index contributed by atoms with van der Waals surface area (Å²) in [5.41, 5.74) is -0.0726. The van der Waals surface area contributed by atoms with Crippen molar-refractivity contribution in [1.82, 2.24) is 19.9 Å². The van der Waals surface area contributed by atoms with E-state index in [9.17, 15) is 26.4 Å². The average Bonchev–Trinajstić information content (AvgIpc) is 2.53. The first kappa shape index (κ1) is 18.5. The molecule has 0 radical (unpaired) electrons. The van der Waals surface area contributed by atoms with Gasteiger partial charge in [0.25, 0.3) is 5.56 Å². The molecule has 0 atom stereocenters. The highest BCUT2D eigenvalue weighted by atomic mass is 32.2. The molecule has 0 fully saturated rings. The number of pyridine rings is 1. The van der Waals surface area contributed by atoms with Crippen LogP contribution in [0.3, 0.4) is 0 Å². The summed E-state index contributed by atoms with van der Waals surface area (Å²) >= 11 is 0. The minimum absolute atomic E-state index is 0.225. The van der Waals surface area contributed by atoms with E-state index in [0.29, 0.717) is 36.3 Å². The fourth-order valence-electron chi connectivity index (χ4n) is 2.73. The van der Waals surface area contributed by atoms with Gasteiger partial charge in [0.05, 0.1) is 5.69 Å². The first-order valence-corrected chi connectivity index (χ1v) is 9.50. The predicted molar refractivity (Wildman–Crippen MR) is 85.0 cm³/mol. The largest absolute Gasteiger partial charge is 0.433 e. The lowest BCUT2D eigenvalue weighted by Crippen LogP contribution is -2.35. The number of hydrogen-bond donors (Lipinski definition) is 1. The van der Waals surface area contributed by atoms with Gasteiger partial charge in [-0.25, -0.2) is 13.4 Å². The molecule has 140 valence electrons. The molecule has 7 nitrogen and oxygen atoms in total. The number of nitrogens with zero attached hydrogens (tertiary/aromatic N) is 3. The van der Waals surface area contributed by atoms with Crippen LogP contribution in [0.4, 0.5) is 13.2 Å². The second-order valence-corrected chi connectivity index (χ2v) is 8.01. The van der Waals surface area contributed by atoms with Crippen LogP contribution < -0.4 is 5.56 Å². The first-order valence-electron chi connectivity index (χ1n) is 7.60. The van der Waals surface area contributed by atoms with Gasteiger partial charge in [0.2, 0.25) is 15.0 Å². The lowest BCUT2D eigenvalue weighted by Gasteiger charge is -2.27. The van der Waals surface area contributed by atoms with Crippen LogP contribution in [-0.4, -0.2) is 41.1 Å². The third kappa shape index (κ3) is 3.93. The first-order chi connectivity index (χ1) is 12.0. The highest BCUT2D eigenvalue weighted by Crippen LogP contribution is 2.27. The van der Waals surface area contributed by atoms with Crippen molar-refractivity contribution in [2.45, 2.75) is 30.8 Å². The molecule has 0 aliphatic carbocycles. The van der Waals surface area contributed by atoms with E-state index in [-0.39, 0.29) is 11.7 Å². The van der Waals surface area contributed by atoms with E-state index in [2.05, 4.69) is 15.0 Å². The molecule has 2 aromatic rings. The van der Waals surface area contributed by atoms with E-state index < -0.39 is 27.3 Å². The van der Waals surface area contributed by atoms with Crippen molar-refractivity contribution in [3.8, 4) is 0 Å². The second kappa shape index (κ2) is 6.47.